The van der Waals surface area contributed by atoms with Crippen LogP contribution in [-0.2, 0) is 21.3 Å². The summed E-state index contributed by atoms with van der Waals surface area (Å²) >= 11 is 0. The summed E-state index contributed by atoms with van der Waals surface area (Å²) in [5.74, 6) is 0.747. The summed E-state index contributed by atoms with van der Waals surface area (Å²) in [6.45, 7) is 2.49. The van der Waals surface area contributed by atoms with Crippen LogP contribution in [0.15, 0.2) is 29.2 Å². The minimum absolute atomic E-state index is 0.314. The van der Waals surface area contributed by atoms with Gasteiger partial charge < -0.3 is 10.1 Å². The summed E-state index contributed by atoms with van der Waals surface area (Å²) < 4.78 is 32.4. The number of ether oxygens (including phenoxy) is 1. The van der Waals surface area contributed by atoms with Gasteiger partial charge in [0.2, 0.25) is 10.0 Å². The van der Waals surface area contributed by atoms with Crippen LogP contribution in [-0.4, -0.2) is 35.2 Å². The van der Waals surface area contributed by atoms with Gasteiger partial charge in [-0.2, -0.15) is 0 Å². The van der Waals surface area contributed by atoms with E-state index in [4.69, 9.17) is 4.74 Å². The van der Waals surface area contributed by atoms with Crippen molar-refractivity contribution in [2.75, 3.05) is 26.8 Å². The Bertz CT molecular complexity index is 542. The van der Waals surface area contributed by atoms with E-state index >= 15 is 0 Å². The first-order chi connectivity index (χ1) is 10.1. The first kappa shape index (κ1) is 16.4. The minimum Gasteiger partial charge on any atom is -0.381 e. The number of nitrogens with one attached hydrogen (secondary N) is 2. The molecule has 0 radical (unpaired) electrons. The summed E-state index contributed by atoms with van der Waals surface area (Å²) in [4.78, 5) is 0.314. The summed E-state index contributed by atoms with van der Waals surface area (Å²) in [5, 5.41) is 3.01. The molecule has 1 aromatic rings. The molecular formula is C15H24N2O3S. The van der Waals surface area contributed by atoms with E-state index in [0.29, 0.717) is 31.0 Å². The molecule has 0 saturated heterocycles. The van der Waals surface area contributed by atoms with E-state index in [9.17, 15) is 8.42 Å². The van der Waals surface area contributed by atoms with Gasteiger partial charge in [0.25, 0.3) is 0 Å². The van der Waals surface area contributed by atoms with Crippen molar-refractivity contribution in [2.45, 2.75) is 30.7 Å². The third kappa shape index (κ3) is 5.74. The summed E-state index contributed by atoms with van der Waals surface area (Å²) in [6.07, 6.45) is 3.24. The Hall–Kier alpha value is -0.950. The maximum Gasteiger partial charge on any atom is 0.240 e. The highest BCUT2D eigenvalue weighted by Crippen LogP contribution is 2.28. The van der Waals surface area contributed by atoms with Gasteiger partial charge in [-0.15, -0.1) is 0 Å². The van der Waals surface area contributed by atoms with Crippen LogP contribution in [0.1, 0.15) is 24.8 Å². The van der Waals surface area contributed by atoms with Gasteiger partial charge in [0, 0.05) is 26.3 Å². The predicted molar refractivity (Wildman–Crippen MR) is 82.6 cm³/mol. The standard InChI is InChI=1S/C15H24N2O3S/c1-16-11-14-4-2-5-15(10-14)21(18,19)17-8-3-9-20-12-13-6-7-13/h2,4-5,10,13,16-17H,3,6-9,11-12H2,1H3. The van der Waals surface area contributed by atoms with Gasteiger partial charge in [-0.05, 0) is 49.9 Å². The SMILES string of the molecule is CNCc1cccc(S(=O)(=O)NCCCOCC2CC2)c1. The second-order valence-corrected chi connectivity index (χ2v) is 7.21. The lowest BCUT2D eigenvalue weighted by Gasteiger charge is -2.08. The second kappa shape index (κ2) is 7.89. The Labute approximate surface area is 127 Å². The lowest BCUT2D eigenvalue weighted by atomic mass is 10.2. The van der Waals surface area contributed by atoms with Crippen LogP contribution in [0.2, 0.25) is 0 Å². The van der Waals surface area contributed by atoms with Crippen molar-refractivity contribution < 1.29 is 13.2 Å². The van der Waals surface area contributed by atoms with Crippen LogP contribution in [0.5, 0.6) is 0 Å². The molecule has 0 unspecified atom stereocenters. The van der Waals surface area contributed by atoms with E-state index in [1.54, 1.807) is 18.2 Å². The average molecular weight is 312 g/mol. The topological polar surface area (TPSA) is 67.4 Å². The van der Waals surface area contributed by atoms with E-state index < -0.39 is 10.0 Å². The summed E-state index contributed by atoms with van der Waals surface area (Å²) in [6, 6.07) is 6.98. The van der Waals surface area contributed by atoms with Crippen LogP contribution < -0.4 is 10.0 Å². The zero-order chi connectivity index (χ0) is 15.1. The predicted octanol–water partition coefficient (Wildman–Crippen LogP) is 1.50. The molecule has 5 nitrogen and oxygen atoms in total. The van der Waals surface area contributed by atoms with E-state index in [1.165, 1.54) is 12.8 Å². The van der Waals surface area contributed by atoms with Crippen LogP contribution in [0.3, 0.4) is 0 Å². The van der Waals surface area contributed by atoms with Crippen LogP contribution in [0.25, 0.3) is 0 Å². The van der Waals surface area contributed by atoms with E-state index in [2.05, 4.69) is 10.0 Å². The van der Waals surface area contributed by atoms with Crippen molar-refractivity contribution in [1.29, 1.82) is 0 Å². The van der Waals surface area contributed by atoms with Crippen molar-refractivity contribution in [3.63, 3.8) is 0 Å². The van der Waals surface area contributed by atoms with Crippen LogP contribution >= 0.6 is 0 Å². The van der Waals surface area contributed by atoms with Crippen molar-refractivity contribution in [3.05, 3.63) is 29.8 Å². The largest absolute Gasteiger partial charge is 0.381 e. The van der Waals surface area contributed by atoms with E-state index in [-0.39, 0.29) is 0 Å². The zero-order valence-electron chi connectivity index (χ0n) is 12.5. The molecule has 2 N–H and O–H groups in total. The van der Waals surface area contributed by atoms with Crippen molar-refractivity contribution in [2.24, 2.45) is 5.92 Å². The van der Waals surface area contributed by atoms with Crippen molar-refractivity contribution in [3.8, 4) is 0 Å². The number of hydrogen-bond acceptors (Lipinski definition) is 4. The normalized spacial score (nSPS) is 15.3. The zero-order valence-corrected chi connectivity index (χ0v) is 13.3. The van der Waals surface area contributed by atoms with E-state index in [0.717, 1.165) is 18.1 Å². The molecule has 0 amide bonds. The Morgan fingerprint density at radius 1 is 1.33 bits per heavy atom. The molecular weight excluding hydrogens is 288 g/mol. The molecule has 1 fully saturated rings. The van der Waals surface area contributed by atoms with Gasteiger partial charge in [0.05, 0.1) is 4.90 Å². The highest BCUT2D eigenvalue weighted by Gasteiger charge is 2.21. The van der Waals surface area contributed by atoms with Gasteiger partial charge in [0.1, 0.15) is 0 Å². The van der Waals surface area contributed by atoms with E-state index in [1.807, 2.05) is 13.1 Å². The third-order valence-electron chi connectivity index (χ3n) is 3.40. The maximum atomic E-state index is 12.2. The van der Waals surface area contributed by atoms with Crippen LogP contribution in [0, 0.1) is 5.92 Å². The molecule has 1 aromatic carbocycles. The molecule has 1 saturated carbocycles. The second-order valence-electron chi connectivity index (χ2n) is 5.45. The maximum absolute atomic E-state index is 12.2. The fourth-order valence-electron chi connectivity index (χ4n) is 2.03. The molecule has 0 bridgehead atoms. The molecule has 2 rings (SSSR count). The number of hydrogen-bond donors (Lipinski definition) is 2. The molecule has 1 aliphatic rings. The van der Waals surface area contributed by atoms with Gasteiger partial charge in [-0.1, -0.05) is 12.1 Å². The fraction of sp³-hybridized carbons (Fsp3) is 0.600. The molecule has 0 spiro atoms. The Morgan fingerprint density at radius 3 is 2.86 bits per heavy atom. The van der Waals surface area contributed by atoms with Gasteiger partial charge in [-0.25, -0.2) is 13.1 Å². The molecule has 6 heteroatoms. The lowest BCUT2D eigenvalue weighted by Crippen LogP contribution is -2.25. The van der Waals surface area contributed by atoms with Gasteiger partial charge in [-0.3, -0.25) is 0 Å². The molecule has 0 atom stereocenters. The Kier molecular flexibility index (Phi) is 6.17. The highest BCUT2D eigenvalue weighted by molar-refractivity contribution is 7.89. The first-order valence-electron chi connectivity index (χ1n) is 7.43. The fourth-order valence-corrected chi connectivity index (χ4v) is 3.17. The van der Waals surface area contributed by atoms with Crippen molar-refractivity contribution in [1.82, 2.24) is 10.0 Å². The van der Waals surface area contributed by atoms with Crippen LogP contribution in [0.4, 0.5) is 0 Å². The van der Waals surface area contributed by atoms with Gasteiger partial charge in [0.15, 0.2) is 0 Å². The highest BCUT2D eigenvalue weighted by atomic mass is 32.2. The molecule has 1 aliphatic carbocycles. The third-order valence-corrected chi connectivity index (χ3v) is 4.86. The Balaban J connectivity index is 1.75. The minimum atomic E-state index is -3.43. The number of benzene rings is 1. The first-order valence-corrected chi connectivity index (χ1v) is 8.91. The smallest absolute Gasteiger partial charge is 0.240 e. The molecule has 0 aromatic heterocycles. The molecule has 21 heavy (non-hydrogen) atoms. The number of sulfonamides is 1. The monoisotopic (exact) mass is 312 g/mol. The van der Waals surface area contributed by atoms with Gasteiger partial charge >= 0.3 is 0 Å². The molecule has 0 heterocycles. The van der Waals surface area contributed by atoms with Crippen molar-refractivity contribution >= 4 is 10.0 Å². The summed E-state index contributed by atoms with van der Waals surface area (Å²) in [5.41, 5.74) is 0.952. The lowest BCUT2D eigenvalue weighted by molar-refractivity contribution is 0.123. The quantitative estimate of drug-likeness (QED) is 0.643. The average Bonchev–Trinajstić information content (AvgIpc) is 3.27. The summed E-state index contributed by atoms with van der Waals surface area (Å²) in [7, 11) is -1.59. The Morgan fingerprint density at radius 2 is 2.14 bits per heavy atom. The number of rotatable bonds is 10. The molecule has 118 valence electrons. The molecule has 0 aliphatic heterocycles.